The van der Waals surface area contributed by atoms with E-state index in [4.69, 9.17) is 0 Å². The van der Waals surface area contributed by atoms with Crippen molar-refractivity contribution in [2.75, 3.05) is 0 Å². The number of fused-ring (bicyclic) bond motifs is 2. The maximum atomic E-state index is 13.3. The quantitative estimate of drug-likeness (QED) is 0.488. The maximum Gasteiger partial charge on any atom is 0.416 e. The van der Waals surface area contributed by atoms with E-state index < -0.39 is 11.7 Å². The van der Waals surface area contributed by atoms with Gasteiger partial charge in [-0.05, 0) is 42.2 Å². The highest BCUT2D eigenvalue weighted by molar-refractivity contribution is 6.06. The Hall–Kier alpha value is -3.68. The number of amides is 1. The van der Waals surface area contributed by atoms with Crippen LogP contribution in [0, 0.1) is 0 Å². The lowest BCUT2D eigenvalue weighted by Crippen LogP contribution is -2.27. The van der Waals surface area contributed by atoms with Gasteiger partial charge in [0.2, 0.25) is 0 Å². The van der Waals surface area contributed by atoms with E-state index in [9.17, 15) is 18.0 Å². The van der Waals surface area contributed by atoms with Gasteiger partial charge >= 0.3 is 6.18 Å². The molecule has 0 spiro atoms. The fourth-order valence-corrected chi connectivity index (χ4v) is 4.25. The van der Waals surface area contributed by atoms with E-state index in [2.05, 4.69) is 21.5 Å². The van der Waals surface area contributed by atoms with Crippen molar-refractivity contribution in [1.29, 1.82) is 0 Å². The minimum Gasteiger partial charge on any atom is -0.345 e. The van der Waals surface area contributed by atoms with Gasteiger partial charge in [-0.3, -0.25) is 9.48 Å². The molecular weight excluding hydrogens is 417 g/mol. The van der Waals surface area contributed by atoms with Crippen molar-refractivity contribution in [3.05, 3.63) is 83.0 Å². The van der Waals surface area contributed by atoms with E-state index >= 15 is 0 Å². The van der Waals surface area contributed by atoms with Gasteiger partial charge in [0.1, 0.15) is 0 Å². The van der Waals surface area contributed by atoms with Gasteiger partial charge in [0, 0.05) is 12.6 Å². The average molecular weight is 436 g/mol. The van der Waals surface area contributed by atoms with Crippen LogP contribution in [0.25, 0.3) is 22.3 Å². The zero-order chi connectivity index (χ0) is 22.5. The number of nitrogens with zero attached hydrogens (tertiary/aromatic N) is 3. The molecule has 1 atom stereocenters. The lowest BCUT2D eigenvalue weighted by molar-refractivity contribution is -0.137. The number of carbonyl (C=O) groups excluding carboxylic acids is 1. The summed E-state index contributed by atoms with van der Waals surface area (Å²) in [6.45, 7) is 0. The molecule has 1 unspecified atom stereocenters. The van der Waals surface area contributed by atoms with Crippen molar-refractivity contribution in [3.8, 4) is 11.3 Å². The number of alkyl halides is 3. The number of carbonyl (C=O) groups is 1. The second-order valence-electron chi connectivity index (χ2n) is 7.90. The summed E-state index contributed by atoms with van der Waals surface area (Å²) in [5.41, 5.74) is 2.86. The standard InChI is InChI=1S/C24H19F3N4O/c1-31-22-19(13-28-31)18(23(32)30-20-10-9-14-5-2-3-8-17(14)20)12-21(29-22)15-6-4-7-16(11-15)24(25,26)27/h2-8,11-13,20H,9-10H2,1H3,(H,30,32). The van der Waals surface area contributed by atoms with Gasteiger partial charge in [0.25, 0.3) is 5.91 Å². The van der Waals surface area contributed by atoms with Crippen LogP contribution in [0.15, 0.2) is 60.8 Å². The number of halogens is 3. The number of aromatic nitrogens is 3. The second kappa shape index (κ2) is 7.47. The van der Waals surface area contributed by atoms with Gasteiger partial charge in [-0.2, -0.15) is 18.3 Å². The molecule has 2 aromatic heterocycles. The lowest BCUT2D eigenvalue weighted by Gasteiger charge is -2.15. The van der Waals surface area contributed by atoms with E-state index in [0.29, 0.717) is 16.6 Å². The summed E-state index contributed by atoms with van der Waals surface area (Å²) in [7, 11) is 1.68. The first kappa shape index (κ1) is 20.2. The molecule has 1 amide bonds. The van der Waals surface area contributed by atoms with E-state index in [-0.39, 0.29) is 23.2 Å². The third-order valence-electron chi connectivity index (χ3n) is 5.87. The molecule has 0 aliphatic heterocycles. The first-order valence-electron chi connectivity index (χ1n) is 10.2. The highest BCUT2D eigenvalue weighted by Gasteiger charge is 2.31. The van der Waals surface area contributed by atoms with Crippen molar-refractivity contribution >= 4 is 16.9 Å². The fourth-order valence-electron chi connectivity index (χ4n) is 4.25. The Morgan fingerprint density at radius 1 is 1.12 bits per heavy atom. The number of benzene rings is 2. The molecule has 5 rings (SSSR count). The smallest absolute Gasteiger partial charge is 0.345 e. The van der Waals surface area contributed by atoms with Crippen LogP contribution in [0.3, 0.4) is 0 Å². The van der Waals surface area contributed by atoms with Gasteiger partial charge in [0.05, 0.1) is 34.4 Å². The summed E-state index contributed by atoms with van der Waals surface area (Å²) in [5.74, 6) is -0.305. The highest BCUT2D eigenvalue weighted by atomic mass is 19.4. The first-order chi connectivity index (χ1) is 15.3. The molecule has 0 saturated carbocycles. The van der Waals surface area contributed by atoms with Crippen LogP contribution < -0.4 is 5.32 Å². The van der Waals surface area contributed by atoms with Crippen molar-refractivity contribution in [2.24, 2.45) is 7.05 Å². The Morgan fingerprint density at radius 3 is 2.75 bits per heavy atom. The van der Waals surface area contributed by atoms with Gasteiger partial charge in [-0.1, -0.05) is 36.4 Å². The summed E-state index contributed by atoms with van der Waals surface area (Å²) in [5, 5.41) is 7.82. The van der Waals surface area contributed by atoms with Crippen LogP contribution in [0.1, 0.15) is 39.5 Å². The molecule has 1 aliphatic rings. The molecule has 0 fully saturated rings. The number of aryl methyl sites for hydroxylation is 2. The van der Waals surface area contributed by atoms with Crippen molar-refractivity contribution in [3.63, 3.8) is 0 Å². The molecule has 162 valence electrons. The highest BCUT2D eigenvalue weighted by Crippen LogP contribution is 2.34. The third kappa shape index (κ3) is 3.51. The summed E-state index contributed by atoms with van der Waals surface area (Å²) in [6.07, 6.45) is -1.24. The summed E-state index contributed by atoms with van der Waals surface area (Å²) < 4.78 is 41.1. The molecule has 0 saturated heterocycles. The maximum absolute atomic E-state index is 13.3. The summed E-state index contributed by atoms with van der Waals surface area (Å²) >= 11 is 0. The minimum absolute atomic E-state index is 0.115. The number of pyridine rings is 1. The van der Waals surface area contributed by atoms with Gasteiger partial charge in [-0.15, -0.1) is 0 Å². The molecule has 2 aromatic carbocycles. The zero-order valence-corrected chi connectivity index (χ0v) is 17.1. The Balaban J connectivity index is 1.56. The van der Waals surface area contributed by atoms with Crippen LogP contribution in [-0.2, 0) is 19.6 Å². The molecule has 0 bridgehead atoms. The monoisotopic (exact) mass is 436 g/mol. The predicted octanol–water partition coefficient (Wildman–Crippen LogP) is 5.07. The number of nitrogens with one attached hydrogen (secondary N) is 1. The zero-order valence-electron chi connectivity index (χ0n) is 17.1. The van der Waals surface area contributed by atoms with E-state index in [0.717, 1.165) is 30.5 Å². The summed E-state index contributed by atoms with van der Waals surface area (Å²) in [4.78, 5) is 17.8. The number of rotatable bonds is 3. The number of hydrogen-bond acceptors (Lipinski definition) is 3. The minimum atomic E-state index is -4.47. The molecular formula is C24H19F3N4O. The van der Waals surface area contributed by atoms with Crippen LogP contribution in [0.2, 0.25) is 0 Å². The predicted molar refractivity (Wildman–Crippen MR) is 114 cm³/mol. The van der Waals surface area contributed by atoms with Crippen LogP contribution in [0.5, 0.6) is 0 Å². The van der Waals surface area contributed by atoms with Gasteiger partial charge in [-0.25, -0.2) is 4.98 Å². The van der Waals surface area contributed by atoms with Gasteiger partial charge in [0.15, 0.2) is 5.65 Å². The average Bonchev–Trinajstić information content (AvgIpc) is 3.36. The molecule has 1 aliphatic carbocycles. The second-order valence-corrected chi connectivity index (χ2v) is 7.90. The van der Waals surface area contributed by atoms with Crippen LogP contribution in [0.4, 0.5) is 13.2 Å². The van der Waals surface area contributed by atoms with E-state index in [1.165, 1.54) is 22.4 Å². The topological polar surface area (TPSA) is 59.8 Å². The molecule has 0 radical (unpaired) electrons. The van der Waals surface area contributed by atoms with Crippen LogP contribution in [-0.4, -0.2) is 20.7 Å². The molecule has 1 N–H and O–H groups in total. The molecule has 8 heteroatoms. The molecule has 4 aromatic rings. The molecule has 5 nitrogen and oxygen atoms in total. The Bertz CT molecular complexity index is 1340. The van der Waals surface area contributed by atoms with Crippen molar-refractivity contribution in [2.45, 2.75) is 25.1 Å². The molecule has 2 heterocycles. The molecule has 32 heavy (non-hydrogen) atoms. The van der Waals surface area contributed by atoms with Crippen molar-refractivity contribution < 1.29 is 18.0 Å². The van der Waals surface area contributed by atoms with Crippen molar-refractivity contribution in [1.82, 2.24) is 20.1 Å². The SMILES string of the molecule is Cn1ncc2c(C(=O)NC3CCc4ccccc43)cc(-c3cccc(C(F)(F)F)c3)nc21. The first-order valence-corrected chi connectivity index (χ1v) is 10.2. The normalized spacial score (nSPS) is 15.7. The van der Waals surface area contributed by atoms with E-state index in [1.54, 1.807) is 19.3 Å². The lowest BCUT2D eigenvalue weighted by atomic mass is 10.0. The van der Waals surface area contributed by atoms with E-state index in [1.807, 2.05) is 18.2 Å². The Kier molecular flexibility index (Phi) is 4.73. The van der Waals surface area contributed by atoms with Gasteiger partial charge < -0.3 is 5.32 Å². The Morgan fingerprint density at radius 2 is 1.94 bits per heavy atom. The Labute approximate surface area is 181 Å². The van der Waals surface area contributed by atoms with Crippen LogP contribution >= 0.6 is 0 Å². The largest absolute Gasteiger partial charge is 0.416 e. The fraction of sp³-hybridized carbons (Fsp3) is 0.208. The number of hydrogen-bond donors (Lipinski definition) is 1. The third-order valence-corrected chi connectivity index (χ3v) is 5.87. The summed E-state index contributed by atoms with van der Waals surface area (Å²) in [6, 6.07) is 14.3.